The normalized spacial score (nSPS) is 28.4. The largest absolute Gasteiger partial charge is 0.416 e. The topological polar surface area (TPSA) is 20.2 Å². The highest BCUT2D eigenvalue weighted by atomic mass is 32.2. The first-order chi connectivity index (χ1) is 9.70. The predicted octanol–water partition coefficient (Wildman–Crippen LogP) is 4.67. The summed E-state index contributed by atoms with van der Waals surface area (Å²) in [6, 6.07) is 3.58. The second-order valence-electron chi connectivity index (χ2n) is 5.43. The molecule has 0 bridgehead atoms. The van der Waals surface area contributed by atoms with Crippen LogP contribution in [0.5, 0.6) is 0 Å². The van der Waals surface area contributed by atoms with Crippen LogP contribution in [0.2, 0.25) is 0 Å². The highest BCUT2D eigenvalue weighted by Crippen LogP contribution is 2.42. The second-order valence-corrected chi connectivity index (χ2v) is 8.46. The van der Waals surface area contributed by atoms with E-state index in [1.807, 2.05) is 11.8 Å². The maximum atomic E-state index is 12.7. The minimum Gasteiger partial charge on any atom is -0.387 e. The Kier molecular flexibility index (Phi) is 5.21. The van der Waals surface area contributed by atoms with Gasteiger partial charge < -0.3 is 5.11 Å². The number of hydrogen-bond acceptors (Lipinski definition) is 3. The molecule has 4 atom stereocenters. The van der Waals surface area contributed by atoms with Crippen LogP contribution in [0.4, 0.5) is 13.2 Å². The molecule has 1 heterocycles. The Morgan fingerprint density at radius 1 is 1.24 bits per heavy atom. The molecule has 2 rings (SSSR count). The van der Waals surface area contributed by atoms with Crippen molar-refractivity contribution in [2.24, 2.45) is 0 Å². The summed E-state index contributed by atoms with van der Waals surface area (Å²) in [5.74, 6) is 0.817. The fraction of sp³-hybridized carbons (Fsp3) is 0.600. The number of alkyl halides is 3. The predicted molar refractivity (Wildman–Crippen MR) is 83.9 cm³/mol. The van der Waals surface area contributed by atoms with Gasteiger partial charge in [0.1, 0.15) is 0 Å². The fourth-order valence-corrected chi connectivity index (χ4v) is 5.35. The van der Waals surface area contributed by atoms with Crippen molar-refractivity contribution in [3.05, 3.63) is 34.9 Å². The summed E-state index contributed by atoms with van der Waals surface area (Å²) in [5.41, 5.74) is 0.431. The molecule has 1 saturated heterocycles. The summed E-state index contributed by atoms with van der Waals surface area (Å²) in [5, 5.41) is 11.5. The number of halogens is 3. The molecule has 1 fully saturated rings. The molecule has 0 radical (unpaired) electrons. The first kappa shape index (κ1) is 17.0. The summed E-state index contributed by atoms with van der Waals surface area (Å²) >= 11 is 3.53. The number of aliphatic hydroxyl groups excluding tert-OH is 1. The Morgan fingerprint density at radius 3 is 2.43 bits per heavy atom. The van der Waals surface area contributed by atoms with Gasteiger partial charge in [0, 0.05) is 21.5 Å². The van der Waals surface area contributed by atoms with Crippen LogP contribution in [0.25, 0.3) is 0 Å². The molecule has 1 nitrogen and oxygen atoms in total. The average molecular weight is 336 g/mol. The number of aryl methyl sites for hydroxylation is 1. The van der Waals surface area contributed by atoms with Gasteiger partial charge >= 0.3 is 6.18 Å². The summed E-state index contributed by atoms with van der Waals surface area (Å²) in [6.45, 7) is 5.91. The highest BCUT2D eigenvalue weighted by Gasteiger charge is 2.34. The number of aliphatic hydroxyl groups is 1. The lowest BCUT2D eigenvalue weighted by Gasteiger charge is -2.34. The third kappa shape index (κ3) is 3.90. The molecule has 1 aliphatic heterocycles. The maximum Gasteiger partial charge on any atom is 0.416 e. The smallest absolute Gasteiger partial charge is 0.387 e. The van der Waals surface area contributed by atoms with Crippen molar-refractivity contribution in [3.63, 3.8) is 0 Å². The first-order valence-electron chi connectivity index (χ1n) is 6.83. The molecule has 0 amide bonds. The first-order valence-corrected chi connectivity index (χ1v) is 8.82. The van der Waals surface area contributed by atoms with Crippen molar-refractivity contribution in [1.82, 2.24) is 0 Å². The van der Waals surface area contributed by atoms with E-state index < -0.39 is 17.8 Å². The zero-order valence-corrected chi connectivity index (χ0v) is 13.8. The highest BCUT2D eigenvalue weighted by molar-refractivity contribution is 8.07. The molecule has 21 heavy (non-hydrogen) atoms. The van der Waals surface area contributed by atoms with Crippen LogP contribution < -0.4 is 0 Å². The Morgan fingerprint density at radius 2 is 1.90 bits per heavy atom. The van der Waals surface area contributed by atoms with Crippen molar-refractivity contribution >= 4 is 23.5 Å². The summed E-state index contributed by atoms with van der Waals surface area (Å²) in [4.78, 5) is 0. The standard InChI is InChI=1S/C15H19F3OS2/c1-8-6-11(15(16,17)18)4-5-12(8)14(19)13-7-20-9(2)10(3)21-13/h4-6,9-10,13-14,19H,7H2,1-3H3. The van der Waals surface area contributed by atoms with Gasteiger partial charge in [-0.15, -0.1) is 0 Å². The minimum atomic E-state index is -4.34. The van der Waals surface area contributed by atoms with Gasteiger partial charge in [0.15, 0.2) is 0 Å². The molecule has 1 aliphatic rings. The van der Waals surface area contributed by atoms with E-state index in [9.17, 15) is 18.3 Å². The lowest BCUT2D eigenvalue weighted by Crippen LogP contribution is -2.30. The van der Waals surface area contributed by atoms with Crippen LogP contribution in [0.1, 0.15) is 36.6 Å². The van der Waals surface area contributed by atoms with E-state index in [-0.39, 0.29) is 5.25 Å². The molecule has 0 spiro atoms. The van der Waals surface area contributed by atoms with Gasteiger partial charge in [0.25, 0.3) is 0 Å². The number of hydrogen-bond donors (Lipinski definition) is 1. The SMILES string of the molecule is Cc1cc(C(F)(F)F)ccc1C(O)C1CSC(C)C(C)S1. The maximum absolute atomic E-state index is 12.7. The second kappa shape index (κ2) is 6.42. The zero-order valence-electron chi connectivity index (χ0n) is 12.1. The lowest BCUT2D eigenvalue weighted by molar-refractivity contribution is -0.137. The van der Waals surface area contributed by atoms with E-state index in [1.54, 1.807) is 18.7 Å². The van der Waals surface area contributed by atoms with Crippen LogP contribution in [0.15, 0.2) is 18.2 Å². The molecule has 1 aromatic rings. The van der Waals surface area contributed by atoms with Gasteiger partial charge in [-0.1, -0.05) is 19.9 Å². The lowest BCUT2D eigenvalue weighted by atomic mass is 9.99. The van der Waals surface area contributed by atoms with E-state index in [0.717, 1.165) is 17.9 Å². The Hall–Kier alpha value is -0.330. The van der Waals surface area contributed by atoms with Crippen molar-refractivity contribution in [2.45, 2.75) is 48.8 Å². The molecule has 0 saturated carbocycles. The number of rotatable bonds is 2. The molecule has 118 valence electrons. The van der Waals surface area contributed by atoms with Crippen LogP contribution in [0.3, 0.4) is 0 Å². The van der Waals surface area contributed by atoms with E-state index in [0.29, 0.717) is 21.6 Å². The number of benzene rings is 1. The number of thioether (sulfide) groups is 2. The summed E-state index contributed by atoms with van der Waals surface area (Å²) < 4.78 is 38.0. The molecule has 1 aromatic carbocycles. The van der Waals surface area contributed by atoms with Crippen molar-refractivity contribution in [1.29, 1.82) is 0 Å². The van der Waals surface area contributed by atoms with E-state index in [4.69, 9.17) is 0 Å². The molecule has 1 N–H and O–H groups in total. The summed E-state index contributed by atoms with van der Waals surface area (Å²) in [6.07, 6.45) is -5.06. The van der Waals surface area contributed by atoms with E-state index >= 15 is 0 Å². The van der Waals surface area contributed by atoms with Gasteiger partial charge in [-0.25, -0.2) is 0 Å². The quantitative estimate of drug-likeness (QED) is 0.847. The van der Waals surface area contributed by atoms with E-state index in [1.165, 1.54) is 6.07 Å². The Balaban J connectivity index is 2.18. The van der Waals surface area contributed by atoms with Gasteiger partial charge in [-0.3, -0.25) is 0 Å². The van der Waals surface area contributed by atoms with Crippen molar-refractivity contribution in [2.75, 3.05) is 5.75 Å². The van der Waals surface area contributed by atoms with Gasteiger partial charge in [-0.2, -0.15) is 36.7 Å². The average Bonchev–Trinajstić information content (AvgIpc) is 2.40. The molecular formula is C15H19F3OS2. The third-order valence-electron chi connectivity index (χ3n) is 3.84. The van der Waals surface area contributed by atoms with E-state index in [2.05, 4.69) is 13.8 Å². The van der Waals surface area contributed by atoms with Crippen LogP contribution in [-0.4, -0.2) is 26.6 Å². The third-order valence-corrected chi connectivity index (χ3v) is 7.32. The molecular weight excluding hydrogens is 317 g/mol. The van der Waals surface area contributed by atoms with Gasteiger partial charge in [0.2, 0.25) is 0 Å². The van der Waals surface area contributed by atoms with Gasteiger partial charge in [-0.05, 0) is 30.2 Å². The molecule has 0 aromatic heterocycles. The Bertz CT molecular complexity index is 504. The van der Waals surface area contributed by atoms with Gasteiger partial charge in [0.05, 0.1) is 11.7 Å². The molecule has 0 aliphatic carbocycles. The van der Waals surface area contributed by atoms with Crippen LogP contribution >= 0.6 is 23.5 Å². The van der Waals surface area contributed by atoms with Crippen LogP contribution in [-0.2, 0) is 6.18 Å². The van der Waals surface area contributed by atoms with Crippen molar-refractivity contribution in [3.8, 4) is 0 Å². The van der Waals surface area contributed by atoms with Crippen LogP contribution in [0, 0.1) is 6.92 Å². The van der Waals surface area contributed by atoms with Crippen molar-refractivity contribution < 1.29 is 18.3 Å². The Labute approximate surface area is 131 Å². The fourth-order valence-electron chi connectivity index (χ4n) is 2.36. The zero-order chi connectivity index (χ0) is 15.8. The minimum absolute atomic E-state index is 0.0247. The summed E-state index contributed by atoms with van der Waals surface area (Å²) in [7, 11) is 0. The monoisotopic (exact) mass is 336 g/mol. The molecule has 4 unspecified atom stereocenters. The molecule has 6 heteroatoms.